The molecule has 0 bridgehead atoms. The molecule has 0 spiro atoms. The normalized spacial score (nSPS) is 17.2. The van der Waals surface area contributed by atoms with Crippen molar-refractivity contribution in [3.8, 4) is 0 Å². The van der Waals surface area contributed by atoms with Gasteiger partial charge in [-0.15, -0.1) is 0 Å². The van der Waals surface area contributed by atoms with Gasteiger partial charge in [0.25, 0.3) is 0 Å². The third-order valence-electron chi connectivity index (χ3n) is 4.31. The summed E-state index contributed by atoms with van der Waals surface area (Å²) in [5.41, 5.74) is 0.571. The topological polar surface area (TPSA) is 0 Å². The van der Waals surface area contributed by atoms with Crippen molar-refractivity contribution in [2.45, 2.75) is 93.4 Å². The summed E-state index contributed by atoms with van der Waals surface area (Å²) in [4.78, 5) is 0. The van der Waals surface area contributed by atoms with Gasteiger partial charge in [-0.1, -0.05) is 74.1 Å². The first-order valence-corrected chi connectivity index (χ1v) is 8.33. The molecule has 0 aromatic carbocycles. The quantitative estimate of drug-likeness (QED) is 0.407. The molecule has 0 aromatic heterocycles. The second-order valence-corrected chi connectivity index (χ2v) is 7.60. The number of hydrogen-bond acceptors (Lipinski definition) is 0. The van der Waals surface area contributed by atoms with Crippen LogP contribution >= 0.6 is 0 Å². The van der Waals surface area contributed by atoms with Crippen molar-refractivity contribution < 1.29 is 0 Å². The first-order chi connectivity index (χ1) is 8.33. The van der Waals surface area contributed by atoms with Crippen LogP contribution in [0.2, 0.25) is 0 Å². The maximum Gasteiger partial charge on any atom is -0.0323 e. The molecule has 0 aliphatic heterocycles. The van der Waals surface area contributed by atoms with Crippen molar-refractivity contribution in [2.75, 3.05) is 0 Å². The zero-order valence-electron chi connectivity index (χ0n) is 14.2. The van der Waals surface area contributed by atoms with Gasteiger partial charge in [0.15, 0.2) is 0 Å². The summed E-state index contributed by atoms with van der Waals surface area (Å²) in [5.74, 6) is 2.64. The van der Waals surface area contributed by atoms with E-state index in [0.29, 0.717) is 5.41 Å². The van der Waals surface area contributed by atoms with Gasteiger partial charge in [-0.25, -0.2) is 0 Å². The highest BCUT2D eigenvalue weighted by Crippen LogP contribution is 2.39. The monoisotopic (exact) mass is 254 g/mol. The molecule has 0 nitrogen and oxygen atoms in total. The fourth-order valence-corrected chi connectivity index (χ4v) is 3.52. The van der Waals surface area contributed by atoms with Crippen LogP contribution in [0.25, 0.3) is 0 Å². The highest BCUT2D eigenvalue weighted by Gasteiger charge is 2.27. The minimum Gasteiger partial charge on any atom is -0.0654 e. The van der Waals surface area contributed by atoms with E-state index in [2.05, 4.69) is 48.5 Å². The maximum atomic E-state index is 2.52. The van der Waals surface area contributed by atoms with Crippen molar-refractivity contribution in [3.05, 3.63) is 0 Å². The van der Waals surface area contributed by atoms with E-state index in [1.807, 2.05) is 0 Å². The Hall–Kier alpha value is 0. The third kappa shape index (κ3) is 8.16. The SMILES string of the molecule is CCCCC(CC(C)C)CC(C)(CC)CC(C)C. The molecular formula is C18H38. The lowest BCUT2D eigenvalue weighted by Gasteiger charge is -2.35. The predicted octanol–water partition coefficient (Wildman–Crippen LogP) is 6.69. The molecule has 0 saturated heterocycles. The van der Waals surface area contributed by atoms with Crippen molar-refractivity contribution in [3.63, 3.8) is 0 Å². The van der Waals surface area contributed by atoms with Crippen LogP contribution in [0.3, 0.4) is 0 Å². The summed E-state index contributed by atoms with van der Waals surface area (Å²) >= 11 is 0. The second kappa shape index (κ2) is 8.99. The lowest BCUT2D eigenvalue weighted by atomic mass is 9.71. The van der Waals surface area contributed by atoms with Gasteiger partial charge in [-0.3, -0.25) is 0 Å². The molecule has 2 unspecified atom stereocenters. The lowest BCUT2D eigenvalue weighted by Crippen LogP contribution is -2.23. The van der Waals surface area contributed by atoms with E-state index in [9.17, 15) is 0 Å². The second-order valence-electron chi connectivity index (χ2n) is 7.60. The molecule has 0 fully saturated rings. The van der Waals surface area contributed by atoms with Gasteiger partial charge >= 0.3 is 0 Å². The number of hydrogen-bond donors (Lipinski definition) is 0. The van der Waals surface area contributed by atoms with Crippen LogP contribution < -0.4 is 0 Å². The van der Waals surface area contributed by atoms with E-state index in [1.165, 1.54) is 44.9 Å². The summed E-state index contributed by atoms with van der Waals surface area (Å²) in [7, 11) is 0. The summed E-state index contributed by atoms with van der Waals surface area (Å²) < 4.78 is 0. The van der Waals surface area contributed by atoms with Crippen LogP contribution in [0, 0.1) is 23.2 Å². The molecule has 110 valence electrons. The Bertz CT molecular complexity index is 192. The molecule has 0 saturated carbocycles. The lowest BCUT2D eigenvalue weighted by molar-refractivity contribution is 0.167. The van der Waals surface area contributed by atoms with Crippen LogP contribution in [0.5, 0.6) is 0 Å². The summed E-state index contributed by atoms with van der Waals surface area (Å²) in [6.45, 7) is 16.7. The standard InChI is InChI=1S/C18H38/c1-8-10-11-17(12-15(3)4)14-18(7,9-2)13-16(5)6/h15-17H,8-14H2,1-7H3. The molecule has 0 rings (SSSR count). The van der Waals surface area contributed by atoms with E-state index in [1.54, 1.807) is 0 Å². The summed E-state index contributed by atoms with van der Waals surface area (Å²) in [6.07, 6.45) is 9.81. The Morgan fingerprint density at radius 1 is 0.889 bits per heavy atom. The largest absolute Gasteiger partial charge is 0.0654 e. The van der Waals surface area contributed by atoms with Gasteiger partial charge < -0.3 is 0 Å². The molecule has 0 N–H and O–H groups in total. The number of rotatable bonds is 10. The van der Waals surface area contributed by atoms with E-state index in [0.717, 1.165) is 17.8 Å². The molecule has 0 aromatic rings. The Morgan fingerprint density at radius 3 is 1.89 bits per heavy atom. The average Bonchev–Trinajstić information content (AvgIpc) is 2.24. The number of unbranched alkanes of at least 4 members (excludes halogenated alkanes) is 1. The molecule has 18 heavy (non-hydrogen) atoms. The van der Waals surface area contributed by atoms with E-state index in [4.69, 9.17) is 0 Å². The molecule has 0 amide bonds. The van der Waals surface area contributed by atoms with Crippen molar-refractivity contribution in [1.29, 1.82) is 0 Å². The van der Waals surface area contributed by atoms with Crippen LogP contribution in [0.1, 0.15) is 93.4 Å². The van der Waals surface area contributed by atoms with Gasteiger partial charge in [-0.2, -0.15) is 0 Å². The van der Waals surface area contributed by atoms with Gasteiger partial charge in [0, 0.05) is 0 Å². The molecular weight excluding hydrogens is 216 g/mol. The molecule has 0 radical (unpaired) electrons. The van der Waals surface area contributed by atoms with Crippen molar-refractivity contribution in [2.24, 2.45) is 23.2 Å². The predicted molar refractivity (Wildman–Crippen MR) is 84.9 cm³/mol. The Balaban J connectivity index is 4.48. The van der Waals surface area contributed by atoms with E-state index < -0.39 is 0 Å². The first-order valence-electron chi connectivity index (χ1n) is 8.33. The molecule has 0 aliphatic carbocycles. The molecule has 0 heterocycles. The Kier molecular flexibility index (Phi) is 8.99. The van der Waals surface area contributed by atoms with Gasteiger partial charge in [0.05, 0.1) is 0 Å². The van der Waals surface area contributed by atoms with E-state index >= 15 is 0 Å². The van der Waals surface area contributed by atoms with Gasteiger partial charge in [0.2, 0.25) is 0 Å². The Morgan fingerprint density at radius 2 is 1.50 bits per heavy atom. The fraction of sp³-hybridized carbons (Fsp3) is 1.00. The fourth-order valence-electron chi connectivity index (χ4n) is 3.52. The van der Waals surface area contributed by atoms with Crippen LogP contribution in [-0.4, -0.2) is 0 Å². The van der Waals surface area contributed by atoms with Crippen molar-refractivity contribution >= 4 is 0 Å². The minimum atomic E-state index is 0.571. The van der Waals surface area contributed by atoms with Crippen LogP contribution in [0.15, 0.2) is 0 Å². The average molecular weight is 255 g/mol. The third-order valence-corrected chi connectivity index (χ3v) is 4.31. The molecule has 0 heteroatoms. The first kappa shape index (κ1) is 18.0. The van der Waals surface area contributed by atoms with Crippen molar-refractivity contribution in [1.82, 2.24) is 0 Å². The summed E-state index contributed by atoms with van der Waals surface area (Å²) in [6, 6.07) is 0. The zero-order chi connectivity index (χ0) is 14.2. The molecule has 0 aliphatic rings. The summed E-state index contributed by atoms with van der Waals surface area (Å²) in [5, 5.41) is 0. The van der Waals surface area contributed by atoms with E-state index in [-0.39, 0.29) is 0 Å². The maximum absolute atomic E-state index is 2.52. The highest BCUT2D eigenvalue weighted by molar-refractivity contribution is 4.78. The highest BCUT2D eigenvalue weighted by atomic mass is 14.3. The molecule has 2 atom stereocenters. The van der Waals surface area contributed by atoms with Gasteiger partial charge in [-0.05, 0) is 42.4 Å². The zero-order valence-corrected chi connectivity index (χ0v) is 14.2. The van der Waals surface area contributed by atoms with Gasteiger partial charge in [0.1, 0.15) is 0 Å². The van der Waals surface area contributed by atoms with Crippen LogP contribution in [-0.2, 0) is 0 Å². The van der Waals surface area contributed by atoms with Crippen LogP contribution in [0.4, 0.5) is 0 Å². The Labute approximate surface area is 117 Å². The smallest absolute Gasteiger partial charge is 0.0323 e. The minimum absolute atomic E-state index is 0.571.